The van der Waals surface area contributed by atoms with Gasteiger partial charge >= 0.3 is 0 Å². The van der Waals surface area contributed by atoms with Crippen LogP contribution in [-0.2, 0) is 24.2 Å². The number of carbonyl (C=O) groups is 1. The lowest BCUT2D eigenvalue weighted by molar-refractivity contribution is -0.125. The molecular weight excluding hydrogens is 409 g/mol. The van der Waals surface area contributed by atoms with Crippen molar-refractivity contribution < 1.29 is 13.9 Å². The first-order chi connectivity index (χ1) is 15.5. The highest BCUT2D eigenvalue weighted by atomic mass is 19.1. The van der Waals surface area contributed by atoms with Gasteiger partial charge in [-0.1, -0.05) is 12.1 Å². The number of fused-ring (bicyclic) bond motifs is 1. The number of aromatic amines is 1. The smallest absolute Gasteiger partial charge is 0.254 e. The topological polar surface area (TPSA) is 84.1 Å². The Hall–Kier alpha value is -3.48. The maximum atomic E-state index is 13.2. The Labute approximate surface area is 185 Å². The third-order valence-electron chi connectivity index (χ3n) is 5.76. The summed E-state index contributed by atoms with van der Waals surface area (Å²) in [5, 5.41) is 3.01. The van der Waals surface area contributed by atoms with Crippen molar-refractivity contribution in [2.24, 2.45) is 5.92 Å². The number of nitrogens with one attached hydrogen (secondary N) is 2. The van der Waals surface area contributed by atoms with E-state index in [1.165, 1.54) is 12.1 Å². The van der Waals surface area contributed by atoms with Gasteiger partial charge in [-0.15, -0.1) is 0 Å². The second-order valence-corrected chi connectivity index (χ2v) is 7.92. The molecule has 0 aliphatic heterocycles. The van der Waals surface area contributed by atoms with Crippen LogP contribution in [0.15, 0.2) is 53.3 Å². The van der Waals surface area contributed by atoms with Crippen molar-refractivity contribution in [3.05, 3.63) is 81.5 Å². The largest absolute Gasteiger partial charge is 0.494 e. The number of halogens is 1. The molecule has 4 rings (SSSR count). The number of aryl methyl sites for hydroxylation is 1. The fourth-order valence-corrected chi connectivity index (χ4v) is 3.99. The van der Waals surface area contributed by atoms with E-state index in [4.69, 9.17) is 4.74 Å². The summed E-state index contributed by atoms with van der Waals surface area (Å²) in [5.74, 6) is 0.696. The quantitative estimate of drug-likeness (QED) is 0.577. The Morgan fingerprint density at radius 1 is 1.12 bits per heavy atom. The van der Waals surface area contributed by atoms with Crippen molar-refractivity contribution in [3.8, 4) is 17.1 Å². The molecule has 3 aromatic rings. The van der Waals surface area contributed by atoms with Crippen LogP contribution in [0.4, 0.5) is 4.39 Å². The summed E-state index contributed by atoms with van der Waals surface area (Å²) in [6, 6.07) is 13.5. The number of benzene rings is 2. The molecule has 0 spiro atoms. The highest BCUT2D eigenvalue weighted by molar-refractivity contribution is 5.78. The normalized spacial score (nSPS) is 15.5. The van der Waals surface area contributed by atoms with E-state index in [1.807, 2.05) is 31.2 Å². The van der Waals surface area contributed by atoms with Crippen LogP contribution in [0.2, 0.25) is 0 Å². The number of carbonyl (C=O) groups excluding carboxylic acids is 1. The first-order valence-electron chi connectivity index (χ1n) is 10.9. The summed E-state index contributed by atoms with van der Waals surface area (Å²) in [4.78, 5) is 32.9. The average molecular weight is 435 g/mol. The Bertz CT molecular complexity index is 1140. The Kier molecular flexibility index (Phi) is 6.63. The van der Waals surface area contributed by atoms with E-state index in [-0.39, 0.29) is 23.2 Å². The molecule has 2 N–H and O–H groups in total. The number of amides is 1. The van der Waals surface area contributed by atoms with E-state index in [9.17, 15) is 14.0 Å². The van der Waals surface area contributed by atoms with Crippen LogP contribution >= 0.6 is 0 Å². The van der Waals surface area contributed by atoms with Gasteiger partial charge in [0, 0.05) is 23.6 Å². The molecule has 1 aliphatic rings. The molecule has 1 atom stereocenters. The lowest BCUT2D eigenvalue weighted by Gasteiger charge is -2.14. The molecule has 1 amide bonds. The summed E-state index contributed by atoms with van der Waals surface area (Å²) in [6.45, 7) is 3.00. The Morgan fingerprint density at radius 2 is 1.84 bits per heavy atom. The second kappa shape index (κ2) is 9.77. The van der Waals surface area contributed by atoms with Crippen LogP contribution in [0, 0.1) is 11.7 Å². The summed E-state index contributed by atoms with van der Waals surface area (Å²) in [7, 11) is 0. The number of ether oxygens (including phenoxy) is 1. The fraction of sp³-hybridized carbons (Fsp3) is 0.320. The van der Waals surface area contributed by atoms with E-state index in [0.29, 0.717) is 55.8 Å². The van der Waals surface area contributed by atoms with Gasteiger partial charge in [-0.25, -0.2) is 9.37 Å². The predicted octanol–water partition coefficient (Wildman–Crippen LogP) is 3.79. The van der Waals surface area contributed by atoms with Crippen LogP contribution in [0.3, 0.4) is 0 Å². The molecule has 32 heavy (non-hydrogen) atoms. The lowest BCUT2D eigenvalue weighted by atomic mass is 9.98. The zero-order chi connectivity index (χ0) is 22.5. The summed E-state index contributed by atoms with van der Waals surface area (Å²) < 4.78 is 18.7. The van der Waals surface area contributed by atoms with Crippen molar-refractivity contribution in [2.75, 3.05) is 6.61 Å². The fourth-order valence-electron chi connectivity index (χ4n) is 3.99. The zero-order valence-electron chi connectivity index (χ0n) is 18.0. The summed E-state index contributed by atoms with van der Waals surface area (Å²) in [5.41, 5.74) is 2.82. The summed E-state index contributed by atoms with van der Waals surface area (Å²) in [6.07, 6.45) is 2.28. The lowest BCUT2D eigenvalue weighted by Crippen LogP contribution is -2.30. The third-order valence-corrected chi connectivity index (χ3v) is 5.76. The number of hydrogen-bond donors (Lipinski definition) is 2. The van der Waals surface area contributed by atoms with Gasteiger partial charge in [0.15, 0.2) is 0 Å². The Balaban J connectivity index is 1.40. The predicted molar refractivity (Wildman–Crippen MR) is 120 cm³/mol. The van der Waals surface area contributed by atoms with Gasteiger partial charge in [-0.05, 0) is 74.6 Å². The zero-order valence-corrected chi connectivity index (χ0v) is 18.0. The van der Waals surface area contributed by atoms with E-state index >= 15 is 0 Å². The minimum Gasteiger partial charge on any atom is -0.494 e. The molecule has 7 heteroatoms. The van der Waals surface area contributed by atoms with E-state index in [2.05, 4.69) is 15.3 Å². The number of H-pyrrole nitrogens is 1. The van der Waals surface area contributed by atoms with Gasteiger partial charge in [0.2, 0.25) is 5.91 Å². The molecule has 1 unspecified atom stereocenters. The Morgan fingerprint density at radius 3 is 2.56 bits per heavy atom. The average Bonchev–Trinajstić information content (AvgIpc) is 3.02. The van der Waals surface area contributed by atoms with E-state index < -0.39 is 0 Å². The van der Waals surface area contributed by atoms with Crippen molar-refractivity contribution >= 4 is 5.91 Å². The molecule has 1 heterocycles. The minimum atomic E-state index is -0.343. The van der Waals surface area contributed by atoms with Crippen molar-refractivity contribution in [3.63, 3.8) is 0 Å². The maximum absolute atomic E-state index is 13.2. The summed E-state index contributed by atoms with van der Waals surface area (Å²) >= 11 is 0. The molecule has 166 valence electrons. The van der Waals surface area contributed by atoms with E-state index in [0.717, 1.165) is 17.0 Å². The monoisotopic (exact) mass is 435 g/mol. The van der Waals surface area contributed by atoms with Gasteiger partial charge in [0.25, 0.3) is 5.56 Å². The van der Waals surface area contributed by atoms with Crippen molar-refractivity contribution in [1.82, 2.24) is 15.3 Å². The first-order valence-corrected chi connectivity index (χ1v) is 10.9. The number of nitrogens with zero attached hydrogens (tertiary/aromatic N) is 1. The molecule has 0 fully saturated rings. The molecule has 0 radical (unpaired) electrons. The van der Waals surface area contributed by atoms with Crippen molar-refractivity contribution in [1.29, 1.82) is 0 Å². The molecule has 1 aromatic heterocycles. The molecule has 2 aromatic carbocycles. The second-order valence-electron chi connectivity index (χ2n) is 7.92. The molecular formula is C25H26FN3O3. The molecule has 0 saturated carbocycles. The third kappa shape index (κ3) is 5.04. The van der Waals surface area contributed by atoms with Gasteiger partial charge in [-0.3, -0.25) is 9.59 Å². The molecule has 0 bridgehead atoms. The minimum absolute atomic E-state index is 0.0122. The first kappa shape index (κ1) is 21.7. The highest BCUT2D eigenvalue weighted by Crippen LogP contribution is 2.24. The van der Waals surface area contributed by atoms with Crippen LogP contribution in [-0.4, -0.2) is 22.5 Å². The van der Waals surface area contributed by atoms with Crippen LogP contribution in [0.25, 0.3) is 11.4 Å². The van der Waals surface area contributed by atoms with Gasteiger partial charge in [0.05, 0.1) is 12.3 Å². The SMILES string of the molecule is CCOc1ccc(CNC(=O)C2CCc3nc(-c4ccc(F)cc4)[nH]c(=O)c3CC2)cc1. The maximum Gasteiger partial charge on any atom is 0.254 e. The molecule has 0 saturated heterocycles. The number of hydrogen-bond acceptors (Lipinski definition) is 4. The van der Waals surface area contributed by atoms with Gasteiger partial charge < -0.3 is 15.0 Å². The molecule has 1 aliphatic carbocycles. The number of aromatic nitrogens is 2. The highest BCUT2D eigenvalue weighted by Gasteiger charge is 2.25. The van der Waals surface area contributed by atoms with Crippen LogP contribution < -0.4 is 15.6 Å². The van der Waals surface area contributed by atoms with Gasteiger partial charge in [0.1, 0.15) is 17.4 Å². The van der Waals surface area contributed by atoms with E-state index in [1.54, 1.807) is 12.1 Å². The number of rotatable bonds is 6. The van der Waals surface area contributed by atoms with Crippen LogP contribution in [0.5, 0.6) is 5.75 Å². The van der Waals surface area contributed by atoms with Crippen LogP contribution in [0.1, 0.15) is 36.6 Å². The standard InChI is InChI=1S/C25H26FN3O3/c1-2-32-20-11-3-16(4-12-20)15-27-24(30)18-7-13-21-22(14-8-18)28-23(29-25(21)31)17-5-9-19(26)10-6-17/h3-6,9-12,18H,2,7-8,13-15H2,1H3,(H,27,30)(H,28,29,31). The van der Waals surface area contributed by atoms with Crippen molar-refractivity contribution in [2.45, 2.75) is 39.2 Å². The molecule has 6 nitrogen and oxygen atoms in total. The van der Waals surface area contributed by atoms with Gasteiger partial charge in [-0.2, -0.15) is 0 Å².